The molecule has 0 N–H and O–H groups in total. The van der Waals surface area contributed by atoms with E-state index in [2.05, 4.69) is 20.9 Å². The van der Waals surface area contributed by atoms with Crippen molar-refractivity contribution >= 4 is 27.8 Å². The van der Waals surface area contributed by atoms with Crippen LogP contribution < -0.4 is 0 Å². The van der Waals surface area contributed by atoms with E-state index < -0.39 is 12.6 Å². The molecule has 1 saturated heterocycles. The zero-order valence-corrected chi connectivity index (χ0v) is 16.7. The summed E-state index contributed by atoms with van der Waals surface area (Å²) in [6, 6.07) is 23.2. The van der Waals surface area contributed by atoms with Crippen LogP contribution in [0, 0.1) is 6.92 Å². The van der Waals surface area contributed by atoms with Gasteiger partial charge in [0.25, 0.3) is 0 Å². The highest BCUT2D eigenvalue weighted by atomic mass is 79.9. The third-order valence-electron chi connectivity index (χ3n) is 4.21. The van der Waals surface area contributed by atoms with Crippen molar-refractivity contribution in [3.05, 3.63) is 99.5 Å². The Balaban J connectivity index is 1.35. The van der Waals surface area contributed by atoms with Crippen molar-refractivity contribution in [3.63, 3.8) is 0 Å². The van der Waals surface area contributed by atoms with Gasteiger partial charge in [0.1, 0.15) is 0 Å². The molecule has 1 aliphatic rings. The molecule has 3 aromatic carbocycles. The molecule has 3 aromatic rings. The van der Waals surface area contributed by atoms with Gasteiger partial charge in [0.2, 0.25) is 12.6 Å². The number of benzene rings is 3. The molecule has 0 radical (unpaired) electrons. The summed E-state index contributed by atoms with van der Waals surface area (Å²) in [5.74, 6) is 0. The molecule has 28 heavy (non-hydrogen) atoms. The number of halogens is 1. The first-order valence-corrected chi connectivity index (χ1v) is 9.57. The van der Waals surface area contributed by atoms with Crippen LogP contribution in [0.4, 0.5) is 5.69 Å². The van der Waals surface area contributed by atoms with Gasteiger partial charge in [-0.15, -0.1) is 0 Å². The van der Waals surface area contributed by atoms with Crippen LogP contribution in [0.25, 0.3) is 0 Å². The van der Waals surface area contributed by atoms with Crippen molar-refractivity contribution < 1.29 is 19.6 Å². The summed E-state index contributed by atoms with van der Waals surface area (Å²) in [7, 11) is 0. The highest BCUT2D eigenvalue weighted by Gasteiger charge is 2.28. The number of aliphatic imine (C=N–C) groups is 1. The zero-order valence-electron chi connectivity index (χ0n) is 15.1. The van der Waals surface area contributed by atoms with Crippen LogP contribution in [0.3, 0.4) is 0 Å². The second-order valence-electron chi connectivity index (χ2n) is 6.36. The summed E-state index contributed by atoms with van der Waals surface area (Å²) in [6.45, 7) is 2.02. The molecule has 1 aliphatic heterocycles. The Hall–Kier alpha value is -2.35. The summed E-state index contributed by atoms with van der Waals surface area (Å²) in [5.41, 5.74) is 4.60. The van der Waals surface area contributed by atoms with Gasteiger partial charge in [-0.1, -0.05) is 70.0 Å². The molecule has 6 heteroatoms. The molecule has 1 fully saturated rings. The molecular formula is C22H18BrNO4. The SMILES string of the molecule is Cc1ccc(C2OOC(c3ccc(C=Nc4ccc(Br)cc4)cc3)OO2)cc1. The topological polar surface area (TPSA) is 49.3 Å². The van der Waals surface area contributed by atoms with Crippen LogP contribution in [-0.2, 0) is 19.6 Å². The zero-order chi connectivity index (χ0) is 19.3. The molecule has 0 bridgehead atoms. The Bertz CT molecular complexity index is 932. The highest BCUT2D eigenvalue weighted by molar-refractivity contribution is 9.10. The average Bonchev–Trinajstić information content (AvgIpc) is 2.74. The van der Waals surface area contributed by atoms with Crippen LogP contribution in [0.5, 0.6) is 0 Å². The van der Waals surface area contributed by atoms with E-state index in [9.17, 15) is 0 Å². The Morgan fingerprint density at radius 1 is 0.714 bits per heavy atom. The smallest absolute Gasteiger partial charge is 0.249 e. The van der Waals surface area contributed by atoms with E-state index in [4.69, 9.17) is 19.6 Å². The lowest BCUT2D eigenvalue weighted by Gasteiger charge is -2.27. The van der Waals surface area contributed by atoms with Gasteiger partial charge in [-0.05, 0) is 36.8 Å². The van der Waals surface area contributed by atoms with Crippen LogP contribution in [0.15, 0.2) is 82.3 Å². The van der Waals surface area contributed by atoms with Crippen molar-refractivity contribution in [1.29, 1.82) is 0 Å². The van der Waals surface area contributed by atoms with Crippen LogP contribution >= 0.6 is 15.9 Å². The minimum absolute atomic E-state index is 0.714. The lowest BCUT2D eigenvalue weighted by Crippen LogP contribution is -2.22. The molecular weight excluding hydrogens is 422 g/mol. The second-order valence-corrected chi connectivity index (χ2v) is 7.28. The Labute approximate surface area is 171 Å². The van der Waals surface area contributed by atoms with Gasteiger partial charge < -0.3 is 0 Å². The number of aryl methyl sites for hydroxylation is 1. The van der Waals surface area contributed by atoms with Gasteiger partial charge in [0, 0.05) is 21.8 Å². The second kappa shape index (κ2) is 8.77. The maximum absolute atomic E-state index is 5.36. The van der Waals surface area contributed by atoms with Gasteiger partial charge in [0.15, 0.2) is 0 Å². The molecule has 1 heterocycles. The number of rotatable bonds is 4. The maximum Gasteiger partial charge on any atom is 0.249 e. The van der Waals surface area contributed by atoms with Crippen molar-refractivity contribution in [2.24, 2.45) is 4.99 Å². The molecule has 142 valence electrons. The predicted molar refractivity (Wildman–Crippen MR) is 109 cm³/mol. The number of hydrogen-bond donors (Lipinski definition) is 0. The van der Waals surface area contributed by atoms with E-state index in [1.54, 1.807) is 6.21 Å². The predicted octanol–water partition coefficient (Wildman–Crippen LogP) is 6.12. The molecule has 0 unspecified atom stereocenters. The van der Waals surface area contributed by atoms with Gasteiger partial charge >= 0.3 is 0 Å². The summed E-state index contributed by atoms with van der Waals surface area (Å²) < 4.78 is 1.03. The molecule has 5 nitrogen and oxygen atoms in total. The van der Waals surface area contributed by atoms with Gasteiger partial charge in [0.05, 0.1) is 5.69 Å². The number of hydrogen-bond acceptors (Lipinski definition) is 5. The minimum atomic E-state index is -0.751. The van der Waals surface area contributed by atoms with Crippen LogP contribution in [-0.4, -0.2) is 6.21 Å². The fourth-order valence-electron chi connectivity index (χ4n) is 2.60. The quantitative estimate of drug-likeness (QED) is 0.363. The summed E-state index contributed by atoms with van der Waals surface area (Å²) in [4.78, 5) is 25.8. The summed E-state index contributed by atoms with van der Waals surface area (Å²) >= 11 is 3.41. The fourth-order valence-corrected chi connectivity index (χ4v) is 2.86. The molecule has 0 saturated carbocycles. The molecule has 4 rings (SSSR count). The van der Waals surface area contributed by atoms with E-state index >= 15 is 0 Å². The van der Waals surface area contributed by atoms with Gasteiger partial charge in [-0.3, -0.25) is 4.99 Å². The Morgan fingerprint density at radius 2 is 1.21 bits per heavy atom. The van der Waals surface area contributed by atoms with Gasteiger partial charge in [-0.2, -0.15) is 19.6 Å². The van der Waals surface area contributed by atoms with E-state index in [1.807, 2.05) is 79.7 Å². The normalized spacial score (nSPS) is 19.8. The van der Waals surface area contributed by atoms with Gasteiger partial charge in [-0.25, -0.2) is 0 Å². The fraction of sp³-hybridized carbons (Fsp3) is 0.136. The average molecular weight is 440 g/mol. The lowest BCUT2D eigenvalue weighted by molar-refractivity contribution is -0.600. The molecule has 0 aliphatic carbocycles. The van der Waals surface area contributed by atoms with Crippen molar-refractivity contribution in [2.75, 3.05) is 0 Å². The lowest BCUT2D eigenvalue weighted by atomic mass is 10.1. The first-order valence-electron chi connectivity index (χ1n) is 8.78. The molecule has 0 amide bonds. The first-order chi connectivity index (χ1) is 13.7. The first kappa shape index (κ1) is 19.0. The van der Waals surface area contributed by atoms with E-state index in [0.717, 1.165) is 32.4 Å². The monoisotopic (exact) mass is 439 g/mol. The van der Waals surface area contributed by atoms with Crippen LogP contribution in [0.2, 0.25) is 0 Å². The highest BCUT2D eigenvalue weighted by Crippen LogP contribution is 2.32. The molecule has 0 atom stereocenters. The van der Waals surface area contributed by atoms with Crippen molar-refractivity contribution in [3.8, 4) is 0 Å². The van der Waals surface area contributed by atoms with E-state index in [1.165, 1.54) is 0 Å². The minimum Gasteiger partial charge on any atom is -0.256 e. The summed E-state index contributed by atoms with van der Waals surface area (Å²) in [5, 5.41) is 0. The van der Waals surface area contributed by atoms with Crippen LogP contribution in [0.1, 0.15) is 34.8 Å². The standard InChI is InChI=1S/C22H18BrNO4/c1-15-2-6-17(7-3-15)21-25-27-22(28-26-21)18-8-4-16(5-9-18)14-24-20-12-10-19(23)11-13-20/h2-14,21-22H,1H3. The largest absolute Gasteiger partial charge is 0.256 e. The van der Waals surface area contributed by atoms with E-state index in [-0.39, 0.29) is 0 Å². The summed E-state index contributed by atoms with van der Waals surface area (Å²) in [6.07, 6.45) is 0.337. The third kappa shape index (κ3) is 4.73. The molecule has 0 spiro atoms. The maximum atomic E-state index is 5.36. The Morgan fingerprint density at radius 3 is 1.75 bits per heavy atom. The van der Waals surface area contributed by atoms with E-state index in [0.29, 0.717) is 0 Å². The van der Waals surface area contributed by atoms with Crippen molar-refractivity contribution in [1.82, 2.24) is 0 Å². The number of nitrogens with zero attached hydrogens (tertiary/aromatic N) is 1. The Kier molecular flexibility index (Phi) is 5.95. The van der Waals surface area contributed by atoms with Crippen molar-refractivity contribution in [2.45, 2.75) is 19.5 Å². The third-order valence-corrected chi connectivity index (χ3v) is 4.74. The molecule has 0 aromatic heterocycles.